The quantitative estimate of drug-likeness (QED) is 0.829. The topological polar surface area (TPSA) is 75.4 Å². The highest BCUT2D eigenvalue weighted by atomic mass is 32.1. The summed E-state index contributed by atoms with van der Waals surface area (Å²) in [5, 5.41) is 4.00. The highest BCUT2D eigenvalue weighted by molar-refractivity contribution is 7.80. The first kappa shape index (κ1) is 16.3. The van der Waals surface area contributed by atoms with Gasteiger partial charge in [-0.15, -0.1) is 5.10 Å². The van der Waals surface area contributed by atoms with Crippen LogP contribution in [0.1, 0.15) is 36.1 Å². The smallest absolute Gasteiger partial charge is 0.267 e. The first-order valence-corrected chi connectivity index (χ1v) is 8.21. The zero-order valence-electron chi connectivity index (χ0n) is 12.6. The average Bonchev–Trinajstić information content (AvgIpc) is 2.94. The van der Waals surface area contributed by atoms with Crippen molar-refractivity contribution < 1.29 is 4.79 Å². The van der Waals surface area contributed by atoms with Crippen molar-refractivity contribution in [2.45, 2.75) is 32.7 Å². The minimum Gasteiger partial charge on any atom is -0.392 e. The van der Waals surface area contributed by atoms with Gasteiger partial charge in [0.05, 0.1) is 16.2 Å². The number of aromatic nitrogens is 2. The van der Waals surface area contributed by atoms with Crippen LogP contribution in [-0.2, 0) is 6.42 Å². The first-order chi connectivity index (χ1) is 9.87. The van der Waals surface area contributed by atoms with Gasteiger partial charge in [-0.3, -0.25) is 9.69 Å². The van der Waals surface area contributed by atoms with Gasteiger partial charge in [-0.05, 0) is 31.8 Å². The Bertz CT molecular complexity index is 534. The van der Waals surface area contributed by atoms with Gasteiger partial charge in [0.2, 0.25) is 0 Å². The molecule has 2 heterocycles. The lowest BCUT2D eigenvalue weighted by Crippen LogP contribution is -2.59. The fraction of sp³-hybridized carbons (Fsp3) is 0.692. The molecule has 0 aliphatic carbocycles. The fourth-order valence-electron chi connectivity index (χ4n) is 2.37. The van der Waals surface area contributed by atoms with Crippen LogP contribution >= 0.6 is 23.8 Å². The summed E-state index contributed by atoms with van der Waals surface area (Å²) in [5.74, 6) is 0.0367. The molecule has 116 valence electrons. The Labute approximate surface area is 134 Å². The maximum atomic E-state index is 12.5. The van der Waals surface area contributed by atoms with E-state index in [1.807, 2.05) is 25.7 Å². The fourth-order valence-corrected chi connectivity index (χ4v) is 3.22. The summed E-state index contributed by atoms with van der Waals surface area (Å²) in [4.78, 5) is 17.8. The van der Waals surface area contributed by atoms with E-state index in [1.165, 1.54) is 11.5 Å². The Hall–Kier alpha value is -1.12. The van der Waals surface area contributed by atoms with Crippen LogP contribution < -0.4 is 5.73 Å². The van der Waals surface area contributed by atoms with Gasteiger partial charge in [0.1, 0.15) is 4.88 Å². The second kappa shape index (κ2) is 6.33. The Morgan fingerprint density at radius 3 is 2.52 bits per heavy atom. The summed E-state index contributed by atoms with van der Waals surface area (Å²) in [5.41, 5.74) is 6.28. The number of carbonyl (C=O) groups excluding carboxylic acids is 1. The van der Waals surface area contributed by atoms with Crippen LogP contribution in [0.3, 0.4) is 0 Å². The first-order valence-electron chi connectivity index (χ1n) is 7.03. The molecular formula is C13H21N5OS2. The third kappa shape index (κ3) is 3.22. The molecule has 0 bridgehead atoms. The van der Waals surface area contributed by atoms with E-state index in [2.05, 4.69) is 14.5 Å². The highest BCUT2D eigenvalue weighted by Gasteiger charge is 2.34. The van der Waals surface area contributed by atoms with E-state index in [4.69, 9.17) is 18.0 Å². The second-order valence-electron chi connectivity index (χ2n) is 5.60. The predicted molar refractivity (Wildman–Crippen MR) is 87.6 cm³/mol. The van der Waals surface area contributed by atoms with E-state index in [0.29, 0.717) is 23.0 Å². The van der Waals surface area contributed by atoms with Crippen molar-refractivity contribution in [2.75, 3.05) is 26.2 Å². The number of piperazine rings is 1. The molecule has 1 aromatic rings. The monoisotopic (exact) mass is 327 g/mol. The summed E-state index contributed by atoms with van der Waals surface area (Å²) in [6.07, 6.45) is 0.728. The molecule has 0 spiro atoms. The lowest BCUT2D eigenvalue weighted by atomic mass is 10.0. The molecule has 0 atom stereocenters. The standard InChI is InChI=1S/C13H21N5OS2/c1-4-9-10(21-16-15-9)11(19)17-5-7-18(8-6-17)13(2,3)12(14)20/h4-8H2,1-3H3,(H2,14,20). The molecule has 6 nitrogen and oxygen atoms in total. The number of nitrogens with two attached hydrogens (primary N) is 1. The van der Waals surface area contributed by atoms with Crippen molar-refractivity contribution in [3.8, 4) is 0 Å². The van der Waals surface area contributed by atoms with E-state index in [-0.39, 0.29) is 11.4 Å². The molecule has 2 rings (SSSR count). The van der Waals surface area contributed by atoms with Gasteiger partial charge in [0.15, 0.2) is 0 Å². The van der Waals surface area contributed by atoms with Gasteiger partial charge < -0.3 is 10.6 Å². The van der Waals surface area contributed by atoms with Crippen LogP contribution in [0.4, 0.5) is 0 Å². The summed E-state index contributed by atoms with van der Waals surface area (Å²) < 4.78 is 3.89. The summed E-state index contributed by atoms with van der Waals surface area (Å²) >= 11 is 6.31. The molecule has 2 N–H and O–H groups in total. The number of amides is 1. The number of hydrogen-bond acceptors (Lipinski definition) is 6. The van der Waals surface area contributed by atoms with Crippen LogP contribution in [0.25, 0.3) is 0 Å². The number of thiocarbonyl (C=S) groups is 1. The number of carbonyl (C=O) groups is 1. The van der Waals surface area contributed by atoms with E-state index in [1.54, 1.807) is 0 Å². The molecule has 0 unspecified atom stereocenters. The van der Waals surface area contributed by atoms with Crippen LogP contribution in [0.15, 0.2) is 0 Å². The van der Waals surface area contributed by atoms with Crippen molar-refractivity contribution in [3.05, 3.63) is 10.6 Å². The molecule has 21 heavy (non-hydrogen) atoms. The molecule has 1 amide bonds. The summed E-state index contributed by atoms with van der Waals surface area (Å²) in [6, 6.07) is 0. The van der Waals surface area contributed by atoms with E-state index in [9.17, 15) is 4.79 Å². The van der Waals surface area contributed by atoms with Crippen molar-refractivity contribution >= 4 is 34.6 Å². The SMILES string of the molecule is CCc1nnsc1C(=O)N1CCN(C(C)(C)C(N)=S)CC1. The molecule has 0 saturated carbocycles. The zero-order valence-corrected chi connectivity index (χ0v) is 14.3. The van der Waals surface area contributed by atoms with Crippen molar-refractivity contribution in [2.24, 2.45) is 5.73 Å². The molecule has 1 aliphatic heterocycles. The number of rotatable bonds is 4. The minimum atomic E-state index is -0.314. The second-order valence-corrected chi connectivity index (χ2v) is 6.80. The van der Waals surface area contributed by atoms with Gasteiger partial charge >= 0.3 is 0 Å². The molecule has 1 saturated heterocycles. The lowest BCUT2D eigenvalue weighted by Gasteiger charge is -2.43. The van der Waals surface area contributed by atoms with Gasteiger partial charge in [-0.1, -0.05) is 23.6 Å². The average molecular weight is 327 g/mol. The van der Waals surface area contributed by atoms with Crippen molar-refractivity contribution in [3.63, 3.8) is 0 Å². The molecule has 1 aromatic heterocycles. The van der Waals surface area contributed by atoms with Gasteiger partial charge in [-0.25, -0.2) is 0 Å². The Balaban J connectivity index is 2.01. The summed E-state index contributed by atoms with van der Waals surface area (Å²) in [6.45, 7) is 8.91. The molecule has 0 aromatic carbocycles. The summed E-state index contributed by atoms with van der Waals surface area (Å²) in [7, 11) is 0. The van der Waals surface area contributed by atoms with Gasteiger partial charge in [-0.2, -0.15) is 0 Å². The van der Waals surface area contributed by atoms with E-state index < -0.39 is 0 Å². The number of aryl methyl sites for hydroxylation is 1. The van der Waals surface area contributed by atoms with Crippen LogP contribution in [-0.4, -0.2) is 62.0 Å². The largest absolute Gasteiger partial charge is 0.392 e. The Morgan fingerprint density at radius 1 is 1.38 bits per heavy atom. The predicted octanol–water partition coefficient (Wildman–Crippen LogP) is 0.923. The Morgan fingerprint density at radius 2 is 2.00 bits per heavy atom. The van der Waals surface area contributed by atoms with Crippen LogP contribution in [0, 0.1) is 0 Å². The molecule has 0 radical (unpaired) electrons. The number of nitrogens with zero attached hydrogens (tertiary/aromatic N) is 4. The normalized spacial score (nSPS) is 17.0. The molecule has 1 aliphatic rings. The maximum absolute atomic E-state index is 12.5. The Kier molecular flexibility index (Phi) is 4.90. The number of hydrogen-bond donors (Lipinski definition) is 1. The third-order valence-electron chi connectivity index (χ3n) is 4.05. The highest BCUT2D eigenvalue weighted by Crippen LogP contribution is 2.20. The molecule has 1 fully saturated rings. The third-order valence-corrected chi connectivity index (χ3v) is 5.30. The lowest BCUT2D eigenvalue weighted by molar-refractivity contribution is 0.0543. The molecule has 8 heteroatoms. The zero-order chi connectivity index (χ0) is 15.6. The van der Waals surface area contributed by atoms with Crippen molar-refractivity contribution in [1.29, 1.82) is 0 Å². The maximum Gasteiger partial charge on any atom is 0.267 e. The van der Waals surface area contributed by atoms with E-state index >= 15 is 0 Å². The van der Waals surface area contributed by atoms with Gasteiger partial charge in [0.25, 0.3) is 5.91 Å². The van der Waals surface area contributed by atoms with E-state index in [0.717, 1.165) is 25.2 Å². The van der Waals surface area contributed by atoms with Crippen LogP contribution in [0.2, 0.25) is 0 Å². The van der Waals surface area contributed by atoms with Gasteiger partial charge in [0, 0.05) is 26.2 Å². The van der Waals surface area contributed by atoms with Crippen LogP contribution in [0.5, 0.6) is 0 Å². The molecular weight excluding hydrogens is 306 g/mol. The van der Waals surface area contributed by atoms with Crippen molar-refractivity contribution in [1.82, 2.24) is 19.4 Å². The minimum absolute atomic E-state index is 0.0367.